The number of fused-ring (bicyclic) bond motifs is 1. The van der Waals surface area contributed by atoms with Gasteiger partial charge >= 0.3 is 6.09 Å². The zero-order chi connectivity index (χ0) is 14.8. The van der Waals surface area contributed by atoms with E-state index in [1.54, 1.807) is 6.07 Å². The van der Waals surface area contributed by atoms with E-state index in [1.165, 1.54) is 0 Å². The number of nitrogens with two attached hydrogens (primary N) is 1. The fourth-order valence-corrected chi connectivity index (χ4v) is 2.70. The molecule has 0 bridgehead atoms. The Balaban J connectivity index is 2.03. The molecule has 1 fully saturated rings. The summed E-state index contributed by atoms with van der Waals surface area (Å²) in [5.74, 6) is 1.28. The van der Waals surface area contributed by atoms with Gasteiger partial charge in [0.15, 0.2) is 5.75 Å². The van der Waals surface area contributed by atoms with Crippen LogP contribution in [0, 0.1) is 0 Å². The van der Waals surface area contributed by atoms with Gasteiger partial charge in [0, 0.05) is 26.7 Å². The molecule has 0 atom stereocenters. The number of anilines is 1. The van der Waals surface area contributed by atoms with Crippen molar-refractivity contribution in [2.24, 2.45) is 12.8 Å². The number of ether oxygens (including phenoxy) is 1. The Kier molecular flexibility index (Phi) is 3.66. The molecule has 1 aliphatic heterocycles. The molecule has 0 radical (unpaired) electrons. The normalized spacial score (nSPS) is 16.0. The first-order chi connectivity index (χ1) is 10.2. The highest BCUT2D eigenvalue weighted by molar-refractivity contribution is 5.87. The molecule has 0 aliphatic carbocycles. The van der Waals surface area contributed by atoms with Crippen molar-refractivity contribution in [1.29, 1.82) is 0 Å². The summed E-state index contributed by atoms with van der Waals surface area (Å²) in [7, 11) is 1.97. The van der Waals surface area contributed by atoms with E-state index in [1.807, 2.05) is 23.7 Å². The van der Waals surface area contributed by atoms with E-state index in [4.69, 9.17) is 10.5 Å². The number of carbonyl (C=O) groups is 1. The van der Waals surface area contributed by atoms with Gasteiger partial charge in [-0.2, -0.15) is 0 Å². The zero-order valence-electron chi connectivity index (χ0n) is 12.0. The topological polar surface area (TPSA) is 85.4 Å². The number of carbonyl (C=O) groups excluding carboxylic acids is 1. The van der Waals surface area contributed by atoms with Gasteiger partial charge in [0.2, 0.25) is 5.95 Å². The van der Waals surface area contributed by atoms with Crippen molar-refractivity contribution in [3.63, 3.8) is 0 Å². The Morgan fingerprint density at radius 3 is 3.05 bits per heavy atom. The molecule has 1 aromatic heterocycles. The number of para-hydroxylation sites is 1. The Hall–Kier alpha value is -2.28. The average molecular weight is 289 g/mol. The number of primary amides is 1. The first-order valence-corrected chi connectivity index (χ1v) is 7.05. The highest BCUT2D eigenvalue weighted by Gasteiger charge is 2.18. The van der Waals surface area contributed by atoms with E-state index in [0.29, 0.717) is 11.3 Å². The van der Waals surface area contributed by atoms with Crippen LogP contribution < -0.4 is 20.7 Å². The van der Waals surface area contributed by atoms with E-state index >= 15 is 0 Å². The van der Waals surface area contributed by atoms with Crippen molar-refractivity contribution in [2.45, 2.75) is 6.42 Å². The van der Waals surface area contributed by atoms with E-state index in [-0.39, 0.29) is 0 Å². The molecule has 112 valence electrons. The lowest BCUT2D eigenvalue weighted by atomic mass is 10.3. The molecule has 7 heteroatoms. The third kappa shape index (κ3) is 2.64. The van der Waals surface area contributed by atoms with Gasteiger partial charge in [-0.1, -0.05) is 6.07 Å². The second kappa shape index (κ2) is 5.61. The average Bonchev–Trinajstić information content (AvgIpc) is 2.65. The molecular weight excluding hydrogens is 270 g/mol. The maximum Gasteiger partial charge on any atom is 0.410 e. The Morgan fingerprint density at radius 2 is 2.24 bits per heavy atom. The molecule has 21 heavy (non-hydrogen) atoms. The van der Waals surface area contributed by atoms with Crippen LogP contribution in [0.2, 0.25) is 0 Å². The molecule has 0 spiro atoms. The smallest absolute Gasteiger partial charge is 0.408 e. The van der Waals surface area contributed by atoms with Crippen LogP contribution >= 0.6 is 0 Å². The predicted molar refractivity (Wildman–Crippen MR) is 80.6 cm³/mol. The van der Waals surface area contributed by atoms with Gasteiger partial charge in [0.05, 0.1) is 5.52 Å². The van der Waals surface area contributed by atoms with Crippen molar-refractivity contribution in [1.82, 2.24) is 14.9 Å². The van der Waals surface area contributed by atoms with Crippen LogP contribution in [0.5, 0.6) is 5.75 Å². The highest BCUT2D eigenvalue weighted by atomic mass is 16.5. The number of nitrogens with zero attached hydrogens (tertiary/aromatic N) is 3. The standard InChI is InChI=1S/C14H19N5O2/c1-18-10-4-2-5-11(21-13(15)20)12(10)17-14(18)19-8-3-6-16-7-9-19/h2,4-5,16H,3,6-9H2,1H3,(H2,15,20). The molecule has 1 saturated heterocycles. The molecule has 0 unspecified atom stereocenters. The van der Waals surface area contributed by atoms with Crippen LogP contribution in [0.4, 0.5) is 10.7 Å². The van der Waals surface area contributed by atoms with E-state index < -0.39 is 6.09 Å². The van der Waals surface area contributed by atoms with Gasteiger partial charge in [0.1, 0.15) is 5.52 Å². The van der Waals surface area contributed by atoms with Crippen LogP contribution in [0.15, 0.2) is 18.2 Å². The largest absolute Gasteiger partial charge is 0.410 e. The van der Waals surface area contributed by atoms with Crippen molar-refractivity contribution in [3.8, 4) is 5.75 Å². The Morgan fingerprint density at radius 1 is 1.38 bits per heavy atom. The molecule has 3 N–H and O–H groups in total. The van der Waals surface area contributed by atoms with E-state index in [9.17, 15) is 4.79 Å². The summed E-state index contributed by atoms with van der Waals surface area (Å²) in [6, 6.07) is 5.49. The second-order valence-corrected chi connectivity index (χ2v) is 5.11. The lowest BCUT2D eigenvalue weighted by Gasteiger charge is -2.20. The third-order valence-corrected chi connectivity index (χ3v) is 3.68. The molecular formula is C14H19N5O2. The number of hydrogen-bond acceptors (Lipinski definition) is 5. The summed E-state index contributed by atoms with van der Waals surface area (Å²) < 4.78 is 7.06. The number of benzene rings is 1. The first-order valence-electron chi connectivity index (χ1n) is 7.05. The lowest BCUT2D eigenvalue weighted by Crippen LogP contribution is -2.29. The van der Waals surface area contributed by atoms with Crippen molar-refractivity contribution >= 4 is 23.1 Å². The maximum atomic E-state index is 11.0. The molecule has 1 aliphatic rings. The van der Waals surface area contributed by atoms with Crippen LogP contribution in [-0.2, 0) is 7.05 Å². The van der Waals surface area contributed by atoms with Gasteiger partial charge < -0.3 is 25.3 Å². The maximum absolute atomic E-state index is 11.0. The third-order valence-electron chi connectivity index (χ3n) is 3.68. The zero-order valence-corrected chi connectivity index (χ0v) is 12.0. The molecule has 1 aromatic carbocycles. The molecule has 7 nitrogen and oxygen atoms in total. The van der Waals surface area contributed by atoms with Crippen LogP contribution in [-0.4, -0.2) is 41.8 Å². The van der Waals surface area contributed by atoms with Crippen molar-refractivity contribution in [2.75, 3.05) is 31.1 Å². The van der Waals surface area contributed by atoms with Crippen LogP contribution in [0.25, 0.3) is 11.0 Å². The molecule has 2 heterocycles. The van der Waals surface area contributed by atoms with Crippen molar-refractivity contribution < 1.29 is 9.53 Å². The molecule has 2 aromatic rings. The SMILES string of the molecule is Cn1c(N2CCCNCC2)nc2c(OC(N)=O)cccc21. The summed E-state index contributed by atoms with van der Waals surface area (Å²) in [6.45, 7) is 3.82. The molecule has 0 saturated carbocycles. The molecule has 3 rings (SSSR count). The number of rotatable bonds is 2. The predicted octanol–water partition coefficient (Wildman–Crippen LogP) is 0.831. The fourth-order valence-electron chi connectivity index (χ4n) is 2.70. The Labute approximate surface area is 122 Å². The van der Waals surface area contributed by atoms with Crippen molar-refractivity contribution in [3.05, 3.63) is 18.2 Å². The summed E-state index contributed by atoms with van der Waals surface area (Å²) >= 11 is 0. The second-order valence-electron chi connectivity index (χ2n) is 5.11. The number of aryl methyl sites for hydroxylation is 1. The number of hydrogen-bond donors (Lipinski definition) is 2. The van der Waals surface area contributed by atoms with Crippen LogP contribution in [0.1, 0.15) is 6.42 Å². The van der Waals surface area contributed by atoms with Gasteiger partial charge in [-0.05, 0) is 25.1 Å². The van der Waals surface area contributed by atoms with Gasteiger partial charge in [-0.25, -0.2) is 9.78 Å². The number of amides is 1. The van der Waals surface area contributed by atoms with Gasteiger partial charge in [0.25, 0.3) is 0 Å². The number of nitrogens with one attached hydrogen (secondary N) is 1. The van der Waals surface area contributed by atoms with E-state index in [2.05, 4.69) is 15.2 Å². The fraction of sp³-hybridized carbons (Fsp3) is 0.429. The highest BCUT2D eigenvalue weighted by Crippen LogP contribution is 2.28. The summed E-state index contributed by atoms with van der Waals surface area (Å²) in [5.41, 5.74) is 6.69. The van der Waals surface area contributed by atoms with Gasteiger partial charge in [-0.3, -0.25) is 0 Å². The summed E-state index contributed by atoms with van der Waals surface area (Å²) in [5, 5.41) is 3.37. The monoisotopic (exact) mass is 289 g/mol. The first kappa shape index (κ1) is 13.7. The summed E-state index contributed by atoms with van der Waals surface area (Å²) in [6.07, 6.45) is 0.252. The minimum Gasteiger partial charge on any atom is -0.408 e. The minimum atomic E-state index is -0.825. The number of imidazole rings is 1. The van der Waals surface area contributed by atoms with Gasteiger partial charge in [-0.15, -0.1) is 0 Å². The lowest BCUT2D eigenvalue weighted by molar-refractivity contribution is 0.211. The minimum absolute atomic E-state index is 0.398. The summed E-state index contributed by atoms with van der Waals surface area (Å²) in [4.78, 5) is 17.9. The Bertz CT molecular complexity index is 659. The quantitative estimate of drug-likeness (QED) is 0.855. The van der Waals surface area contributed by atoms with E-state index in [0.717, 1.165) is 44.1 Å². The molecule has 1 amide bonds. The van der Waals surface area contributed by atoms with Crippen LogP contribution in [0.3, 0.4) is 0 Å². The number of aromatic nitrogens is 2.